The van der Waals surface area contributed by atoms with Crippen LogP contribution in [0.4, 0.5) is 0 Å². The molecule has 1 atom stereocenters. The Balaban J connectivity index is 4.62. The van der Waals surface area contributed by atoms with Gasteiger partial charge in [-0.1, -0.05) is 25.4 Å². The van der Waals surface area contributed by atoms with Crippen molar-refractivity contribution in [2.24, 2.45) is 5.92 Å². The molecule has 3 nitrogen and oxygen atoms in total. The minimum Gasteiger partial charge on any atom is -0.434 e. The average molecular weight is 213 g/mol. The van der Waals surface area contributed by atoms with Crippen molar-refractivity contribution in [3.63, 3.8) is 0 Å². The third kappa shape index (κ3) is 2.64. The van der Waals surface area contributed by atoms with E-state index in [-0.39, 0.29) is 5.92 Å². The molecule has 0 rings (SSSR count). The summed E-state index contributed by atoms with van der Waals surface area (Å²) in [4.78, 5) is 21.3. The highest BCUT2D eigenvalue weighted by Crippen LogP contribution is 2.29. The molecular formula is C7H10Cl2O3. The molecule has 0 N–H and O–H groups in total. The van der Waals surface area contributed by atoms with Crippen LogP contribution in [-0.2, 0) is 14.3 Å². The number of hydrogen-bond acceptors (Lipinski definition) is 3. The minimum absolute atomic E-state index is 0.368. The predicted molar refractivity (Wildman–Crippen MR) is 46.0 cm³/mol. The number of rotatable bonds is 3. The van der Waals surface area contributed by atoms with Crippen molar-refractivity contribution in [3.8, 4) is 0 Å². The van der Waals surface area contributed by atoms with Crippen molar-refractivity contribution >= 4 is 34.4 Å². The van der Waals surface area contributed by atoms with Crippen molar-refractivity contribution in [3.05, 3.63) is 0 Å². The maximum absolute atomic E-state index is 10.8. The van der Waals surface area contributed by atoms with Crippen LogP contribution in [0.15, 0.2) is 0 Å². The first-order chi connectivity index (χ1) is 5.30. The van der Waals surface area contributed by atoms with Gasteiger partial charge in [0, 0.05) is 12.8 Å². The molecular weight excluding hydrogens is 203 g/mol. The Bertz CT molecular complexity index is 203. The van der Waals surface area contributed by atoms with E-state index >= 15 is 0 Å². The number of carbonyl (C=O) groups is 2. The van der Waals surface area contributed by atoms with Gasteiger partial charge in [-0.25, -0.2) is 0 Å². The van der Waals surface area contributed by atoms with Gasteiger partial charge in [0.25, 0.3) is 10.3 Å². The van der Waals surface area contributed by atoms with Crippen molar-refractivity contribution in [1.82, 2.24) is 0 Å². The molecule has 0 radical (unpaired) electrons. The Labute approximate surface area is 81.0 Å². The Morgan fingerprint density at radius 2 is 1.83 bits per heavy atom. The molecule has 0 aliphatic rings. The molecule has 12 heavy (non-hydrogen) atoms. The van der Waals surface area contributed by atoms with E-state index < -0.39 is 16.3 Å². The third-order valence-electron chi connectivity index (χ3n) is 1.30. The van der Waals surface area contributed by atoms with Crippen LogP contribution in [0.5, 0.6) is 0 Å². The summed E-state index contributed by atoms with van der Waals surface area (Å²) in [7, 11) is 0. The summed E-state index contributed by atoms with van der Waals surface area (Å²) in [5.74, 6) is -0.999. The van der Waals surface area contributed by atoms with E-state index in [0.717, 1.165) is 0 Å². The van der Waals surface area contributed by atoms with Crippen LogP contribution in [0.1, 0.15) is 20.8 Å². The molecule has 0 spiro atoms. The van der Waals surface area contributed by atoms with Gasteiger partial charge < -0.3 is 4.74 Å². The number of halogens is 2. The predicted octanol–water partition coefficient (Wildman–Crippen LogP) is 1.91. The molecule has 0 fully saturated rings. The van der Waals surface area contributed by atoms with Crippen molar-refractivity contribution in [2.75, 3.05) is 0 Å². The summed E-state index contributed by atoms with van der Waals surface area (Å²) in [6.07, 6.45) is 0. The number of esters is 1. The van der Waals surface area contributed by atoms with Crippen LogP contribution < -0.4 is 0 Å². The molecule has 0 aromatic carbocycles. The molecule has 1 unspecified atom stereocenters. The standard InChI is InChI=1S/C7H10Cl2O3/c1-4(2)7(9,6(8)11)12-5(3)10/h4H,1-3H3. The maximum atomic E-state index is 10.8. The monoisotopic (exact) mass is 212 g/mol. The van der Waals surface area contributed by atoms with Crippen LogP contribution in [0.25, 0.3) is 0 Å². The van der Waals surface area contributed by atoms with E-state index in [1.165, 1.54) is 6.92 Å². The molecule has 5 heteroatoms. The topological polar surface area (TPSA) is 43.4 Å². The fourth-order valence-electron chi connectivity index (χ4n) is 0.594. The Kier molecular flexibility index (Phi) is 4.00. The zero-order chi connectivity index (χ0) is 9.94. The summed E-state index contributed by atoms with van der Waals surface area (Å²) in [6.45, 7) is 4.44. The van der Waals surface area contributed by atoms with E-state index in [4.69, 9.17) is 23.2 Å². The molecule has 0 amide bonds. The zero-order valence-corrected chi connectivity index (χ0v) is 8.57. The third-order valence-corrected chi connectivity index (χ3v) is 2.37. The molecule has 70 valence electrons. The number of carbonyl (C=O) groups excluding carboxylic acids is 2. The van der Waals surface area contributed by atoms with E-state index in [9.17, 15) is 9.59 Å². The maximum Gasteiger partial charge on any atom is 0.304 e. The molecule has 0 saturated carbocycles. The van der Waals surface area contributed by atoms with Gasteiger partial charge in [0.1, 0.15) is 0 Å². The van der Waals surface area contributed by atoms with E-state index in [1.54, 1.807) is 13.8 Å². The summed E-state index contributed by atoms with van der Waals surface area (Å²) in [5, 5.41) is -2.61. The van der Waals surface area contributed by atoms with Crippen molar-refractivity contribution < 1.29 is 14.3 Å². The van der Waals surface area contributed by atoms with E-state index in [0.29, 0.717) is 0 Å². The van der Waals surface area contributed by atoms with Crippen LogP contribution in [0.3, 0.4) is 0 Å². The van der Waals surface area contributed by atoms with Crippen molar-refractivity contribution in [1.29, 1.82) is 0 Å². The van der Waals surface area contributed by atoms with Crippen LogP contribution in [-0.4, -0.2) is 16.3 Å². The van der Waals surface area contributed by atoms with Gasteiger partial charge >= 0.3 is 5.97 Å². The van der Waals surface area contributed by atoms with Gasteiger partial charge in [0.15, 0.2) is 0 Å². The fraction of sp³-hybridized carbons (Fsp3) is 0.714. The average Bonchev–Trinajstić information content (AvgIpc) is 1.84. The molecule has 0 aliphatic carbocycles. The lowest BCUT2D eigenvalue weighted by Gasteiger charge is -2.25. The quantitative estimate of drug-likeness (QED) is 0.408. The van der Waals surface area contributed by atoms with Crippen LogP contribution >= 0.6 is 23.2 Å². The van der Waals surface area contributed by atoms with Gasteiger partial charge in [-0.15, -0.1) is 0 Å². The van der Waals surface area contributed by atoms with E-state index in [1.807, 2.05) is 0 Å². The van der Waals surface area contributed by atoms with Gasteiger partial charge in [0.2, 0.25) is 0 Å². The highest BCUT2D eigenvalue weighted by Gasteiger charge is 2.41. The second kappa shape index (κ2) is 4.10. The fourth-order valence-corrected chi connectivity index (χ4v) is 0.960. The second-order valence-electron chi connectivity index (χ2n) is 2.67. The molecule has 0 heterocycles. The highest BCUT2D eigenvalue weighted by molar-refractivity contribution is 6.70. The normalized spacial score (nSPS) is 15.5. The Morgan fingerprint density at radius 1 is 1.42 bits per heavy atom. The first-order valence-corrected chi connectivity index (χ1v) is 4.14. The summed E-state index contributed by atoms with van der Waals surface area (Å²) >= 11 is 10.9. The lowest BCUT2D eigenvalue weighted by molar-refractivity contribution is -0.157. The Morgan fingerprint density at radius 3 is 1.92 bits per heavy atom. The minimum atomic E-state index is -1.73. The summed E-state index contributed by atoms with van der Waals surface area (Å²) in [5.41, 5.74) is 0. The van der Waals surface area contributed by atoms with Gasteiger partial charge in [-0.05, 0) is 11.6 Å². The number of alkyl halides is 1. The second-order valence-corrected chi connectivity index (χ2v) is 3.57. The highest BCUT2D eigenvalue weighted by atomic mass is 35.5. The molecule has 0 bridgehead atoms. The van der Waals surface area contributed by atoms with Gasteiger partial charge in [-0.2, -0.15) is 0 Å². The van der Waals surface area contributed by atoms with Crippen LogP contribution in [0.2, 0.25) is 0 Å². The zero-order valence-electron chi connectivity index (χ0n) is 7.06. The lowest BCUT2D eigenvalue weighted by Crippen LogP contribution is -2.39. The molecule has 0 aromatic rings. The molecule has 0 aromatic heterocycles. The smallest absolute Gasteiger partial charge is 0.304 e. The van der Waals surface area contributed by atoms with Gasteiger partial charge in [-0.3, -0.25) is 9.59 Å². The molecule has 0 aliphatic heterocycles. The summed E-state index contributed by atoms with van der Waals surface area (Å²) in [6, 6.07) is 0. The first-order valence-electron chi connectivity index (χ1n) is 3.39. The number of hydrogen-bond donors (Lipinski definition) is 0. The van der Waals surface area contributed by atoms with Crippen LogP contribution in [0, 0.1) is 5.92 Å². The van der Waals surface area contributed by atoms with Crippen molar-refractivity contribution in [2.45, 2.75) is 25.8 Å². The first kappa shape index (κ1) is 11.7. The largest absolute Gasteiger partial charge is 0.434 e. The lowest BCUT2D eigenvalue weighted by atomic mass is 10.1. The molecule has 0 saturated heterocycles. The Hall–Kier alpha value is -0.280. The number of ether oxygens (including phenoxy) is 1. The van der Waals surface area contributed by atoms with Gasteiger partial charge in [0.05, 0.1) is 0 Å². The SMILES string of the molecule is CC(=O)OC(Cl)(C(=O)Cl)C(C)C. The summed E-state index contributed by atoms with van der Waals surface area (Å²) < 4.78 is 4.61. The van der Waals surface area contributed by atoms with E-state index in [2.05, 4.69) is 4.74 Å².